The van der Waals surface area contributed by atoms with Gasteiger partial charge >= 0.3 is 12.1 Å². The normalized spacial score (nSPS) is 17.4. The third kappa shape index (κ3) is 6.54. The van der Waals surface area contributed by atoms with E-state index in [-0.39, 0.29) is 30.2 Å². The first kappa shape index (κ1) is 27.5. The minimum atomic E-state index is -4.49. The Bertz CT molecular complexity index is 1350. The van der Waals surface area contributed by atoms with Gasteiger partial charge in [0, 0.05) is 6.54 Å². The standard InChI is InChI=1S/C33H30F3NO3/c34-33(35,36)29-13-7-8-14-30(29)39-22-23-15-17-24(18-16-23)27-19-20-37-21-28(27)32(38)40-31(25-9-3-1-4-10-25)26-11-5-2-6-12-26/h1-18,27-28,31,37H,19-22H2. The molecule has 1 fully saturated rings. The van der Waals surface area contributed by atoms with E-state index in [4.69, 9.17) is 9.47 Å². The molecule has 7 heteroatoms. The van der Waals surface area contributed by atoms with E-state index in [9.17, 15) is 18.0 Å². The second kappa shape index (κ2) is 12.4. The van der Waals surface area contributed by atoms with Crippen LogP contribution in [0.25, 0.3) is 0 Å². The van der Waals surface area contributed by atoms with E-state index in [2.05, 4.69) is 5.32 Å². The van der Waals surface area contributed by atoms with Crippen LogP contribution >= 0.6 is 0 Å². The summed E-state index contributed by atoms with van der Waals surface area (Å²) in [5.74, 6) is -0.913. The van der Waals surface area contributed by atoms with Gasteiger partial charge in [0.2, 0.25) is 0 Å². The lowest BCUT2D eigenvalue weighted by Crippen LogP contribution is -2.41. The average molecular weight is 546 g/mol. The van der Waals surface area contributed by atoms with E-state index in [0.717, 1.165) is 41.3 Å². The van der Waals surface area contributed by atoms with Gasteiger partial charge in [0.05, 0.1) is 11.5 Å². The highest BCUT2D eigenvalue weighted by atomic mass is 19.4. The van der Waals surface area contributed by atoms with Crippen molar-refractivity contribution < 1.29 is 27.4 Å². The van der Waals surface area contributed by atoms with Crippen molar-refractivity contribution in [2.45, 2.75) is 31.2 Å². The zero-order valence-corrected chi connectivity index (χ0v) is 21.8. The monoisotopic (exact) mass is 545 g/mol. The van der Waals surface area contributed by atoms with Crippen LogP contribution in [-0.4, -0.2) is 19.1 Å². The first-order valence-corrected chi connectivity index (χ1v) is 13.3. The molecule has 1 heterocycles. The minimum Gasteiger partial charge on any atom is -0.488 e. The van der Waals surface area contributed by atoms with E-state index >= 15 is 0 Å². The molecule has 0 saturated carbocycles. The number of esters is 1. The van der Waals surface area contributed by atoms with Crippen LogP contribution in [0.15, 0.2) is 109 Å². The number of halogens is 3. The van der Waals surface area contributed by atoms with E-state index in [0.29, 0.717) is 6.54 Å². The fourth-order valence-corrected chi connectivity index (χ4v) is 5.14. The van der Waals surface area contributed by atoms with E-state index in [1.54, 1.807) is 0 Å². The second-order valence-corrected chi connectivity index (χ2v) is 9.87. The number of para-hydroxylation sites is 1. The molecule has 40 heavy (non-hydrogen) atoms. The molecule has 206 valence electrons. The number of ether oxygens (including phenoxy) is 2. The fraction of sp³-hybridized carbons (Fsp3) is 0.242. The fourth-order valence-electron chi connectivity index (χ4n) is 5.14. The molecule has 1 saturated heterocycles. The van der Waals surface area contributed by atoms with Crippen LogP contribution in [0.1, 0.15) is 46.3 Å². The van der Waals surface area contributed by atoms with Crippen LogP contribution in [0.3, 0.4) is 0 Å². The molecule has 1 N–H and O–H groups in total. The lowest BCUT2D eigenvalue weighted by Gasteiger charge is -2.32. The number of rotatable bonds is 8. The van der Waals surface area contributed by atoms with Gasteiger partial charge in [-0.2, -0.15) is 13.2 Å². The highest BCUT2D eigenvalue weighted by Gasteiger charge is 2.36. The van der Waals surface area contributed by atoms with E-state index in [1.807, 2.05) is 84.9 Å². The SMILES string of the molecule is O=C(OC(c1ccccc1)c1ccccc1)C1CNCCC1c1ccc(COc2ccccc2C(F)(F)F)cc1. The number of carbonyl (C=O) groups is 1. The molecule has 2 unspecified atom stereocenters. The summed E-state index contributed by atoms with van der Waals surface area (Å²) in [5.41, 5.74) is 2.73. The third-order valence-electron chi connectivity index (χ3n) is 7.22. The largest absolute Gasteiger partial charge is 0.488 e. The summed E-state index contributed by atoms with van der Waals surface area (Å²) in [6.07, 6.45) is -4.24. The quantitative estimate of drug-likeness (QED) is 0.236. The molecule has 1 aliphatic rings. The van der Waals surface area contributed by atoms with Crippen LogP contribution in [0, 0.1) is 5.92 Å². The molecule has 4 aromatic rings. The lowest BCUT2D eigenvalue weighted by atomic mass is 9.81. The van der Waals surface area contributed by atoms with Gasteiger partial charge in [0.1, 0.15) is 12.4 Å². The Kier molecular flexibility index (Phi) is 8.51. The summed E-state index contributed by atoms with van der Waals surface area (Å²) in [6.45, 7) is 1.27. The maximum absolute atomic E-state index is 13.6. The van der Waals surface area contributed by atoms with Gasteiger partial charge in [0.25, 0.3) is 0 Å². The zero-order valence-electron chi connectivity index (χ0n) is 21.8. The molecule has 1 aliphatic heterocycles. The highest BCUT2D eigenvalue weighted by molar-refractivity contribution is 5.75. The first-order valence-electron chi connectivity index (χ1n) is 13.3. The predicted octanol–water partition coefficient (Wildman–Crippen LogP) is 7.31. The average Bonchev–Trinajstić information content (AvgIpc) is 2.99. The molecule has 5 rings (SSSR count). The van der Waals surface area contributed by atoms with Gasteiger partial charge in [0.15, 0.2) is 6.10 Å². The van der Waals surface area contributed by atoms with Crippen molar-refractivity contribution in [3.05, 3.63) is 137 Å². The molecule has 0 amide bonds. The van der Waals surface area contributed by atoms with Gasteiger partial charge in [-0.3, -0.25) is 4.79 Å². The Morgan fingerprint density at radius 3 is 2.05 bits per heavy atom. The van der Waals surface area contributed by atoms with Crippen molar-refractivity contribution >= 4 is 5.97 Å². The zero-order chi connectivity index (χ0) is 28.0. The summed E-state index contributed by atoms with van der Waals surface area (Å²) >= 11 is 0. The van der Waals surface area contributed by atoms with Crippen molar-refractivity contribution in [2.75, 3.05) is 13.1 Å². The van der Waals surface area contributed by atoms with E-state index in [1.165, 1.54) is 18.2 Å². The van der Waals surface area contributed by atoms with Crippen LogP contribution in [0.4, 0.5) is 13.2 Å². The molecule has 4 aromatic carbocycles. The van der Waals surface area contributed by atoms with Gasteiger partial charge in [-0.1, -0.05) is 97.1 Å². The van der Waals surface area contributed by atoms with Crippen LogP contribution in [-0.2, 0) is 22.3 Å². The second-order valence-electron chi connectivity index (χ2n) is 9.87. The molecule has 0 radical (unpaired) electrons. The Hall–Kier alpha value is -4.10. The van der Waals surface area contributed by atoms with Crippen molar-refractivity contribution in [2.24, 2.45) is 5.92 Å². The highest BCUT2D eigenvalue weighted by Crippen LogP contribution is 2.37. The maximum atomic E-state index is 13.6. The summed E-state index contributed by atoms with van der Waals surface area (Å²) in [4.78, 5) is 13.6. The molecule has 0 aromatic heterocycles. The third-order valence-corrected chi connectivity index (χ3v) is 7.22. The summed E-state index contributed by atoms with van der Waals surface area (Å²) in [5, 5.41) is 3.32. The topological polar surface area (TPSA) is 47.6 Å². The van der Waals surface area contributed by atoms with Crippen molar-refractivity contribution in [3.63, 3.8) is 0 Å². The van der Waals surface area contributed by atoms with Gasteiger partial charge in [-0.15, -0.1) is 0 Å². The lowest BCUT2D eigenvalue weighted by molar-refractivity contribution is -0.154. The molecule has 4 nitrogen and oxygen atoms in total. The summed E-state index contributed by atoms with van der Waals surface area (Å²) in [6, 6.07) is 32.1. The van der Waals surface area contributed by atoms with Crippen LogP contribution < -0.4 is 10.1 Å². The van der Waals surface area contributed by atoms with Gasteiger partial charge in [-0.05, 0) is 53.3 Å². The summed E-state index contributed by atoms with van der Waals surface area (Å²) < 4.78 is 51.5. The Morgan fingerprint density at radius 1 is 0.825 bits per heavy atom. The number of carbonyl (C=O) groups excluding carboxylic acids is 1. The smallest absolute Gasteiger partial charge is 0.419 e. The molecule has 0 bridgehead atoms. The van der Waals surface area contributed by atoms with Crippen molar-refractivity contribution in [1.82, 2.24) is 5.32 Å². The van der Waals surface area contributed by atoms with Crippen LogP contribution in [0.5, 0.6) is 5.75 Å². The van der Waals surface area contributed by atoms with Gasteiger partial charge < -0.3 is 14.8 Å². The number of benzene rings is 4. The van der Waals surface area contributed by atoms with Crippen molar-refractivity contribution in [1.29, 1.82) is 0 Å². The maximum Gasteiger partial charge on any atom is 0.419 e. The Morgan fingerprint density at radius 2 is 1.43 bits per heavy atom. The predicted molar refractivity (Wildman–Crippen MR) is 147 cm³/mol. The van der Waals surface area contributed by atoms with Crippen LogP contribution in [0.2, 0.25) is 0 Å². The Balaban J connectivity index is 1.30. The number of piperidine rings is 1. The molecular formula is C33H30F3NO3. The van der Waals surface area contributed by atoms with Gasteiger partial charge in [-0.25, -0.2) is 0 Å². The molecule has 0 spiro atoms. The number of hydrogen-bond acceptors (Lipinski definition) is 4. The van der Waals surface area contributed by atoms with Crippen molar-refractivity contribution in [3.8, 4) is 5.75 Å². The molecular weight excluding hydrogens is 515 g/mol. The number of alkyl halides is 3. The molecule has 2 atom stereocenters. The van der Waals surface area contributed by atoms with E-state index < -0.39 is 17.8 Å². The number of nitrogens with one attached hydrogen (secondary N) is 1. The first-order chi connectivity index (χ1) is 19.4. The molecule has 0 aliphatic carbocycles. The summed E-state index contributed by atoms with van der Waals surface area (Å²) in [7, 11) is 0. The Labute approximate surface area is 231 Å². The number of hydrogen-bond donors (Lipinski definition) is 1. The minimum absolute atomic E-state index is 0.000890.